The molecule has 0 aliphatic carbocycles. The molecule has 0 amide bonds. The van der Waals surface area contributed by atoms with Crippen LogP contribution in [0.4, 0.5) is 0 Å². The van der Waals surface area contributed by atoms with Crippen LogP contribution < -0.4 is 0 Å². The standard InChI is InChI=1S/C19H22N2/c1-3-5-6-7-9-16-10-12-18(13-11-16)19-20-14-17(8-4-2)15-21-19/h3,7,9-15H,1,4-6,8H2,2H3. The lowest BCUT2D eigenvalue weighted by atomic mass is 10.1. The molecule has 0 unspecified atom stereocenters. The van der Waals surface area contributed by atoms with Crippen LogP contribution in [0.1, 0.15) is 37.3 Å². The SMILES string of the molecule is C=CCCC=Cc1ccc(-c2ncc(CCC)cn2)cc1. The van der Waals surface area contributed by atoms with Gasteiger partial charge < -0.3 is 0 Å². The number of unbranched alkanes of at least 4 members (excludes halogenated alkanes) is 1. The molecule has 0 N–H and O–H groups in total. The molecule has 2 heteroatoms. The third-order valence-electron chi connectivity index (χ3n) is 3.26. The summed E-state index contributed by atoms with van der Waals surface area (Å²) in [5.41, 5.74) is 3.45. The lowest BCUT2D eigenvalue weighted by Crippen LogP contribution is -1.92. The number of aromatic nitrogens is 2. The topological polar surface area (TPSA) is 25.8 Å². The molecule has 1 aromatic heterocycles. The van der Waals surface area contributed by atoms with Gasteiger partial charge in [0.1, 0.15) is 0 Å². The maximum absolute atomic E-state index is 4.44. The van der Waals surface area contributed by atoms with E-state index in [-0.39, 0.29) is 0 Å². The normalized spacial score (nSPS) is 10.9. The van der Waals surface area contributed by atoms with Crippen LogP contribution in [0.5, 0.6) is 0 Å². The Morgan fingerprint density at radius 1 is 1.05 bits per heavy atom. The van der Waals surface area contributed by atoms with Crippen molar-refractivity contribution in [2.45, 2.75) is 32.6 Å². The summed E-state index contributed by atoms with van der Waals surface area (Å²) in [5, 5.41) is 0. The van der Waals surface area contributed by atoms with Gasteiger partial charge in [0.2, 0.25) is 0 Å². The molecule has 0 bridgehead atoms. The molecule has 21 heavy (non-hydrogen) atoms. The number of allylic oxidation sites excluding steroid dienone is 2. The fourth-order valence-corrected chi connectivity index (χ4v) is 2.10. The molecule has 0 radical (unpaired) electrons. The second-order valence-corrected chi connectivity index (χ2v) is 5.06. The summed E-state index contributed by atoms with van der Waals surface area (Å²) in [6.45, 7) is 5.88. The van der Waals surface area contributed by atoms with E-state index in [1.807, 2.05) is 18.5 Å². The zero-order chi connectivity index (χ0) is 14.9. The summed E-state index contributed by atoms with van der Waals surface area (Å²) in [6.07, 6.45) is 14.3. The Kier molecular flexibility index (Phi) is 5.89. The van der Waals surface area contributed by atoms with E-state index < -0.39 is 0 Å². The smallest absolute Gasteiger partial charge is 0.159 e. The Bertz CT molecular complexity index is 580. The molecule has 108 valence electrons. The molecule has 1 aromatic carbocycles. The second kappa shape index (κ2) is 8.15. The van der Waals surface area contributed by atoms with E-state index in [9.17, 15) is 0 Å². The van der Waals surface area contributed by atoms with E-state index in [0.29, 0.717) is 0 Å². The Morgan fingerprint density at radius 2 is 1.76 bits per heavy atom. The summed E-state index contributed by atoms with van der Waals surface area (Å²) >= 11 is 0. The van der Waals surface area contributed by atoms with Gasteiger partial charge in [-0.25, -0.2) is 9.97 Å². The lowest BCUT2D eigenvalue weighted by molar-refractivity contribution is 0.902. The summed E-state index contributed by atoms with van der Waals surface area (Å²) in [7, 11) is 0. The fraction of sp³-hybridized carbons (Fsp3) is 0.263. The second-order valence-electron chi connectivity index (χ2n) is 5.06. The zero-order valence-corrected chi connectivity index (χ0v) is 12.6. The minimum absolute atomic E-state index is 0.789. The minimum atomic E-state index is 0.789. The van der Waals surface area contributed by atoms with Crippen LogP contribution in [0.15, 0.2) is 55.4 Å². The number of hydrogen-bond donors (Lipinski definition) is 0. The number of hydrogen-bond acceptors (Lipinski definition) is 2. The molecule has 2 nitrogen and oxygen atoms in total. The average Bonchev–Trinajstić information content (AvgIpc) is 2.53. The van der Waals surface area contributed by atoms with E-state index in [1.54, 1.807) is 0 Å². The number of nitrogens with zero attached hydrogens (tertiary/aromatic N) is 2. The molecule has 2 aromatic rings. The first kappa shape index (κ1) is 15.2. The molecular weight excluding hydrogens is 256 g/mol. The predicted octanol–water partition coefficient (Wildman–Crippen LogP) is 5.08. The number of aryl methyl sites for hydroxylation is 1. The Labute approximate surface area is 127 Å². The molecule has 0 aliphatic heterocycles. The van der Waals surface area contributed by atoms with Crippen molar-refractivity contribution in [1.82, 2.24) is 9.97 Å². The quantitative estimate of drug-likeness (QED) is 0.521. The highest BCUT2D eigenvalue weighted by atomic mass is 14.9. The van der Waals surface area contributed by atoms with Crippen LogP contribution in [0.2, 0.25) is 0 Å². The van der Waals surface area contributed by atoms with Crippen LogP contribution >= 0.6 is 0 Å². The zero-order valence-electron chi connectivity index (χ0n) is 12.6. The molecular formula is C19H22N2. The van der Waals surface area contributed by atoms with Gasteiger partial charge in [0.25, 0.3) is 0 Å². The first-order valence-electron chi connectivity index (χ1n) is 7.52. The van der Waals surface area contributed by atoms with Gasteiger partial charge in [0.05, 0.1) is 0 Å². The molecule has 0 atom stereocenters. The van der Waals surface area contributed by atoms with Crippen molar-refractivity contribution in [3.8, 4) is 11.4 Å². The van der Waals surface area contributed by atoms with Crippen molar-refractivity contribution in [2.75, 3.05) is 0 Å². The lowest BCUT2D eigenvalue weighted by Gasteiger charge is -2.02. The van der Waals surface area contributed by atoms with E-state index in [1.165, 1.54) is 11.1 Å². The van der Waals surface area contributed by atoms with E-state index >= 15 is 0 Å². The maximum Gasteiger partial charge on any atom is 0.159 e. The van der Waals surface area contributed by atoms with Crippen molar-refractivity contribution >= 4 is 6.08 Å². The molecule has 0 saturated heterocycles. The predicted molar refractivity (Wildman–Crippen MR) is 89.9 cm³/mol. The largest absolute Gasteiger partial charge is 0.236 e. The van der Waals surface area contributed by atoms with Crippen molar-refractivity contribution < 1.29 is 0 Å². The average molecular weight is 278 g/mol. The highest BCUT2D eigenvalue weighted by Crippen LogP contribution is 2.16. The van der Waals surface area contributed by atoms with E-state index in [0.717, 1.165) is 37.1 Å². The van der Waals surface area contributed by atoms with Crippen molar-refractivity contribution in [1.29, 1.82) is 0 Å². The molecule has 0 saturated carbocycles. The molecule has 2 rings (SSSR count). The van der Waals surface area contributed by atoms with Gasteiger partial charge in [-0.05, 0) is 30.4 Å². The first-order valence-corrected chi connectivity index (χ1v) is 7.52. The maximum atomic E-state index is 4.44. The third kappa shape index (κ3) is 4.67. The fourth-order valence-electron chi connectivity index (χ4n) is 2.10. The molecule has 1 heterocycles. The van der Waals surface area contributed by atoms with E-state index in [4.69, 9.17) is 0 Å². The van der Waals surface area contributed by atoms with E-state index in [2.05, 4.69) is 59.9 Å². The summed E-state index contributed by atoms with van der Waals surface area (Å²) in [6, 6.07) is 8.34. The first-order chi connectivity index (χ1) is 10.3. The Hall–Kier alpha value is -2.22. The van der Waals surface area contributed by atoms with Crippen molar-refractivity contribution in [3.63, 3.8) is 0 Å². The summed E-state index contributed by atoms with van der Waals surface area (Å²) in [4.78, 5) is 8.89. The monoisotopic (exact) mass is 278 g/mol. The highest BCUT2D eigenvalue weighted by molar-refractivity contribution is 5.59. The van der Waals surface area contributed by atoms with Crippen LogP contribution in [-0.4, -0.2) is 9.97 Å². The summed E-state index contributed by atoms with van der Waals surface area (Å²) < 4.78 is 0. The van der Waals surface area contributed by atoms with Crippen LogP contribution in [0, 0.1) is 0 Å². The summed E-state index contributed by atoms with van der Waals surface area (Å²) in [5.74, 6) is 0.789. The van der Waals surface area contributed by atoms with Gasteiger partial charge in [-0.3, -0.25) is 0 Å². The van der Waals surface area contributed by atoms with Crippen LogP contribution in [-0.2, 0) is 6.42 Å². The van der Waals surface area contributed by atoms with Crippen LogP contribution in [0.3, 0.4) is 0 Å². The molecule has 0 spiro atoms. The number of rotatable bonds is 7. The van der Waals surface area contributed by atoms with Gasteiger partial charge in [-0.1, -0.05) is 55.8 Å². The van der Waals surface area contributed by atoms with Gasteiger partial charge in [0.15, 0.2) is 5.82 Å². The van der Waals surface area contributed by atoms with Crippen molar-refractivity contribution in [3.05, 3.63) is 66.5 Å². The van der Waals surface area contributed by atoms with Gasteiger partial charge in [-0.15, -0.1) is 6.58 Å². The Balaban J connectivity index is 2.04. The van der Waals surface area contributed by atoms with Gasteiger partial charge in [-0.2, -0.15) is 0 Å². The van der Waals surface area contributed by atoms with Crippen LogP contribution in [0.25, 0.3) is 17.5 Å². The van der Waals surface area contributed by atoms with Crippen molar-refractivity contribution in [2.24, 2.45) is 0 Å². The number of benzene rings is 1. The van der Waals surface area contributed by atoms with Gasteiger partial charge >= 0.3 is 0 Å². The minimum Gasteiger partial charge on any atom is -0.236 e. The molecule has 0 aliphatic rings. The van der Waals surface area contributed by atoms with Gasteiger partial charge in [0, 0.05) is 18.0 Å². The third-order valence-corrected chi connectivity index (χ3v) is 3.26. The Morgan fingerprint density at radius 3 is 2.38 bits per heavy atom. The highest BCUT2D eigenvalue weighted by Gasteiger charge is 2.01. The molecule has 0 fully saturated rings.